The number of benzene rings is 1. The summed E-state index contributed by atoms with van der Waals surface area (Å²) in [5.41, 5.74) is 2.80. The number of aromatic nitrogens is 4. The van der Waals surface area contributed by atoms with Crippen LogP contribution in [0.1, 0.15) is 25.2 Å². The number of fused-ring (bicyclic) bond motifs is 5. The van der Waals surface area contributed by atoms with Crippen molar-refractivity contribution in [2.24, 2.45) is 0 Å². The normalized spacial score (nSPS) is 12.6. The third-order valence-corrected chi connectivity index (χ3v) is 4.74. The van der Waals surface area contributed by atoms with Crippen molar-refractivity contribution in [3.63, 3.8) is 0 Å². The van der Waals surface area contributed by atoms with Crippen molar-refractivity contribution in [2.75, 3.05) is 0 Å². The number of imidazole rings is 1. The summed E-state index contributed by atoms with van der Waals surface area (Å²) in [5, 5.41) is 0. The lowest BCUT2D eigenvalue weighted by atomic mass is 10.2. The van der Waals surface area contributed by atoms with Crippen LogP contribution in [0.15, 0.2) is 29.1 Å². The molecule has 0 spiro atoms. The van der Waals surface area contributed by atoms with Crippen molar-refractivity contribution in [2.45, 2.75) is 33.4 Å². The summed E-state index contributed by atoms with van der Waals surface area (Å²) in [5.74, 6) is 1.81. The largest absolute Gasteiger partial charge is 0.304 e. The minimum absolute atomic E-state index is 0.0155. The molecule has 0 saturated carbocycles. The molecule has 0 saturated heterocycles. The molecule has 0 fully saturated rings. The molecule has 5 nitrogen and oxygen atoms in total. The van der Waals surface area contributed by atoms with Crippen LogP contribution in [0.25, 0.3) is 16.9 Å². The molecule has 4 rings (SSSR count). The lowest BCUT2D eigenvalue weighted by Gasteiger charge is -2.16. The molecule has 1 aromatic carbocycles. The van der Waals surface area contributed by atoms with Crippen LogP contribution in [0.5, 0.6) is 0 Å². The fraction of sp³-hybridized carbons (Fsp3) is 0.312. The summed E-state index contributed by atoms with van der Waals surface area (Å²) < 4.78 is 6.39. The van der Waals surface area contributed by atoms with E-state index in [1.165, 1.54) is 0 Å². The molecular weight excluding hydrogens is 296 g/mol. The van der Waals surface area contributed by atoms with E-state index in [1.807, 2.05) is 35.8 Å². The fourth-order valence-corrected chi connectivity index (χ4v) is 3.74. The quantitative estimate of drug-likeness (QED) is 0.535. The first-order valence-electron chi connectivity index (χ1n) is 7.50. The highest BCUT2D eigenvalue weighted by Gasteiger charge is 2.28. The van der Waals surface area contributed by atoms with E-state index in [1.54, 1.807) is 4.57 Å². The molecular formula is C16H16N4OS. The van der Waals surface area contributed by atoms with Crippen LogP contribution in [-0.2, 0) is 19.5 Å². The van der Waals surface area contributed by atoms with Gasteiger partial charge in [-0.3, -0.25) is 13.9 Å². The second kappa shape index (κ2) is 4.64. The highest BCUT2D eigenvalue weighted by Crippen LogP contribution is 2.30. The Morgan fingerprint density at radius 2 is 1.91 bits per heavy atom. The van der Waals surface area contributed by atoms with E-state index < -0.39 is 0 Å². The Hall–Kier alpha value is -2.21. The number of nitrogens with zero attached hydrogens (tertiary/aromatic N) is 4. The van der Waals surface area contributed by atoms with E-state index in [4.69, 9.17) is 12.2 Å². The summed E-state index contributed by atoms with van der Waals surface area (Å²) in [6, 6.07) is 8.01. The molecule has 0 unspecified atom stereocenters. The van der Waals surface area contributed by atoms with Gasteiger partial charge in [0, 0.05) is 19.5 Å². The van der Waals surface area contributed by atoms with E-state index in [0.717, 1.165) is 34.8 Å². The van der Waals surface area contributed by atoms with Crippen LogP contribution >= 0.6 is 12.2 Å². The minimum Gasteiger partial charge on any atom is -0.304 e. The van der Waals surface area contributed by atoms with Crippen molar-refractivity contribution in [3.8, 4) is 5.82 Å². The summed E-state index contributed by atoms with van der Waals surface area (Å²) in [7, 11) is 0. The van der Waals surface area contributed by atoms with E-state index in [0.29, 0.717) is 17.7 Å². The average molecular weight is 312 g/mol. The molecule has 0 bridgehead atoms. The lowest BCUT2D eigenvalue weighted by Crippen LogP contribution is -2.29. The monoisotopic (exact) mass is 312 g/mol. The summed E-state index contributed by atoms with van der Waals surface area (Å²) in [6.07, 6.45) is 0.568. The van der Waals surface area contributed by atoms with Gasteiger partial charge in [-0.15, -0.1) is 0 Å². The molecule has 3 aromatic rings. The van der Waals surface area contributed by atoms with Gasteiger partial charge >= 0.3 is 0 Å². The van der Waals surface area contributed by atoms with Gasteiger partial charge in [-0.25, -0.2) is 4.98 Å². The summed E-state index contributed by atoms with van der Waals surface area (Å²) in [4.78, 5) is 17.4. The van der Waals surface area contributed by atoms with Gasteiger partial charge in [0.25, 0.3) is 5.56 Å². The summed E-state index contributed by atoms with van der Waals surface area (Å²) >= 11 is 5.54. The molecule has 0 N–H and O–H groups in total. The maximum atomic E-state index is 12.7. The number of hydrogen-bond donors (Lipinski definition) is 0. The molecule has 22 heavy (non-hydrogen) atoms. The standard InChI is InChI=1S/C16H16N4OS/c1-3-18-14-10(15(21)19(4-2)16(18)22)9-13-17-11-7-5-6-8-12(11)20(13)14/h5-8H,3-4,9H2,1-2H3. The molecule has 0 aliphatic carbocycles. The van der Waals surface area contributed by atoms with Crippen molar-refractivity contribution >= 4 is 23.3 Å². The highest BCUT2D eigenvalue weighted by atomic mass is 32.1. The third kappa shape index (κ3) is 1.56. The maximum absolute atomic E-state index is 12.7. The average Bonchev–Trinajstić information content (AvgIpc) is 3.05. The Balaban J connectivity index is 2.18. The Labute approximate surface area is 132 Å². The van der Waals surface area contributed by atoms with Crippen molar-refractivity contribution < 1.29 is 0 Å². The van der Waals surface area contributed by atoms with Crippen LogP contribution in [0.3, 0.4) is 0 Å². The molecule has 1 aliphatic heterocycles. The van der Waals surface area contributed by atoms with Crippen LogP contribution in [0.2, 0.25) is 0 Å². The van der Waals surface area contributed by atoms with E-state index >= 15 is 0 Å². The number of para-hydroxylation sites is 2. The molecule has 0 amide bonds. The number of rotatable bonds is 2. The SMILES string of the molecule is CCn1c2c(c(=O)n(CC)c1=S)Cc1nc3ccccc3n1-2. The molecule has 0 radical (unpaired) electrons. The van der Waals surface area contributed by atoms with Crippen LogP contribution in [0, 0.1) is 4.77 Å². The first-order chi connectivity index (χ1) is 10.7. The van der Waals surface area contributed by atoms with Crippen LogP contribution in [0.4, 0.5) is 0 Å². The van der Waals surface area contributed by atoms with Crippen LogP contribution < -0.4 is 5.56 Å². The molecule has 2 aromatic heterocycles. The Kier molecular flexibility index (Phi) is 2.84. The zero-order chi connectivity index (χ0) is 15.4. The van der Waals surface area contributed by atoms with E-state index in [-0.39, 0.29) is 5.56 Å². The Bertz CT molecular complexity index is 1030. The molecule has 6 heteroatoms. The highest BCUT2D eigenvalue weighted by molar-refractivity contribution is 7.71. The zero-order valence-electron chi connectivity index (χ0n) is 12.5. The second-order valence-corrected chi connectivity index (χ2v) is 5.77. The number of hydrogen-bond acceptors (Lipinski definition) is 3. The first kappa shape index (κ1) is 13.5. The van der Waals surface area contributed by atoms with Gasteiger partial charge < -0.3 is 4.57 Å². The third-order valence-electron chi connectivity index (χ3n) is 4.30. The molecule has 0 atom stereocenters. The second-order valence-electron chi connectivity index (χ2n) is 5.41. The predicted octanol–water partition coefficient (Wildman–Crippen LogP) is 2.66. The lowest BCUT2D eigenvalue weighted by molar-refractivity contribution is 0.599. The van der Waals surface area contributed by atoms with Gasteiger partial charge in [-0.2, -0.15) is 0 Å². The van der Waals surface area contributed by atoms with Gasteiger partial charge in [0.15, 0.2) is 4.77 Å². The topological polar surface area (TPSA) is 44.8 Å². The van der Waals surface area contributed by atoms with Crippen molar-refractivity contribution in [3.05, 3.63) is 50.8 Å². The molecule has 3 heterocycles. The summed E-state index contributed by atoms with van der Waals surface area (Å²) in [6.45, 7) is 5.32. The first-order valence-corrected chi connectivity index (χ1v) is 7.91. The molecule has 1 aliphatic rings. The Morgan fingerprint density at radius 1 is 1.18 bits per heavy atom. The van der Waals surface area contributed by atoms with Crippen LogP contribution in [-0.4, -0.2) is 18.7 Å². The van der Waals surface area contributed by atoms with E-state index in [2.05, 4.69) is 16.5 Å². The fourth-order valence-electron chi connectivity index (χ4n) is 3.31. The van der Waals surface area contributed by atoms with E-state index in [9.17, 15) is 4.79 Å². The zero-order valence-corrected chi connectivity index (χ0v) is 13.4. The van der Waals surface area contributed by atoms with Gasteiger partial charge in [-0.1, -0.05) is 12.1 Å². The molecule has 112 valence electrons. The van der Waals surface area contributed by atoms with Crippen molar-refractivity contribution in [1.29, 1.82) is 0 Å². The maximum Gasteiger partial charge on any atom is 0.260 e. The van der Waals surface area contributed by atoms with Gasteiger partial charge in [0.1, 0.15) is 11.6 Å². The van der Waals surface area contributed by atoms with Gasteiger partial charge in [0.05, 0.1) is 16.6 Å². The minimum atomic E-state index is 0.0155. The predicted molar refractivity (Wildman–Crippen MR) is 88.3 cm³/mol. The van der Waals surface area contributed by atoms with Gasteiger partial charge in [-0.05, 0) is 38.2 Å². The van der Waals surface area contributed by atoms with Gasteiger partial charge in [0.2, 0.25) is 0 Å². The Morgan fingerprint density at radius 3 is 2.64 bits per heavy atom. The smallest absolute Gasteiger partial charge is 0.260 e. The van der Waals surface area contributed by atoms with Crippen molar-refractivity contribution in [1.82, 2.24) is 18.7 Å².